The fourth-order valence-electron chi connectivity index (χ4n) is 2.66. The molecule has 1 aromatic carbocycles. The van der Waals surface area contributed by atoms with Gasteiger partial charge in [-0.05, 0) is 36.1 Å². The molecular weight excluding hydrogens is 312 g/mol. The lowest BCUT2D eigenvalue weighted by molar-refractivity contribution is -0.692. The molecule has 5 heteroatoms. The van der Waals surface area contributed by atoms with Crippen LogP contribution in [0, 0.1) is 11.8 Å². The number of carbonyl (C=O) groups is 1. The van der Waals surface area contributed by atoms with Crippen molar-refractivity contribution in [3.8, 4) is 0 Å². The van der Waals surface area contributed by atoms with Crippen molar-refractivity contribution in [2.45, 2.75) is 46.6 Å². The molecule has 0 atom stereocenters. The lowest BCUT2D eigenvalue weighted by Crippen LogP contribution is -3.00. The van der Waals surface area contributed by atoms with E-state index in [4.69, 9.17) is 10.5 Å². The molecule has 0 aliphatic heterocycles. The quantitative estimate of drug-likeness (QED) is 0.359. The molecule has 0 bridgehead atoms. The fourth-order valence-corrected chi connectivity index (χ4v) is 2.66. The third kappa shape index (κ3) is 9.47. The summed E-state index contributed by atoms with van der Waals surface area (Å²) in [6.07, 6.45) is 2.40. The van der Waals surface area contributed by atoms with E-state index in [2.05, 4.69) is 33.0 Å². The lowest BCUT2D eigenvalue weighted by Gasteiger charge is -2.19. The van der Waals surface area contributed by atoms with Gasteiger partial charge in [0, 0.05) is 18.5 Å². The first-order valence-electron chi connectivity index (χ1n) is 8.24. The Kier molecular flexibility index (Phi) is 10.7. The number of nitrogens with two attached hydrogens (primary N) is 2. The summed E-state index contributed by atoms with van der Waals surface area (Å²) < 4.78 is 5.32. The van der Waals surface area contributed by atoms with Crippen molar-refractivity contribution >= 4 is 11.7 Å². The van der Waals surface area contributed by atoms with Gasteiger partial charge in [0.1, 0.15) is 13.2 Å². The molecule has 0 spiro atoms. The number of esters is 1. The highest BCUT2D eigenvalue weighted by Crippen LogP contribution is 2.10. The van der Waals surface area contributed by atoms with E-state index >= 15 is 0 Å². The number of halogens is 1. The lowest BCUT2D eigenvalue weighted by atomic mass is 9.96. The average molecular weight is 343 g/mol. The Balaban J connectivity index is 0.00000484. The van der Waals surface area contributed by atoms with Crippen LogP contribution in [0.3, 0.4) is 0 Å². The number of quaternary nitrogens is 1. The molecule has 0 amide bonds. The van der Waals surface area contributed by atoms with E-state index in [-0.39, 0.29) is 18.4 Å². The van der Waals surface area contributed by atoms with E-state index in [9.17, 15) is 4.79 Å². The molecular formula is C18H31ClN2O2. The summed E-state index contributed by atoms with van der Waals surface area (Å²) in [6.45, 7) is 10.3. The summed E-state index contributed by atoms with van der Waals surface area (Å²) in [5.41, 5.74) is 6.80. The van der Waals surface area contributed by atoms with E-state index in [1.807, 2.05) is 0 Å². The van der Waals surface area contributed by atoms with Crippen LogP contribution < -0.4 is 23.5 Å². The minimum absolute atomic E-state index is 0. The number of nitrogen functional groups attached to an aromatic ring is 1. The molecule has 4 nitrogen and oxygen atoms in total. The maximum absolute atomic E-state index is 11.9. The van der Waals surface area contributed by atoms with Gasteiger partial charge < -0.3 is 28.2 Å². The van der Waals surface area contributed by atoms with Crippen LogP contribution in [-0.4, -0.2) is 25.2 Å². The Hall–Kier alpha value is -1.26. The number of anilines is 1. The van der Waals surface area contributed by atoms with Gasteiger partial charge >= 0.3 is 5.97 Å². The maximum atomic E-state index is 11.9. The van der Waals surface area contributed by atoms with Crippen LogP contribution in [0.25, 0.3) is 0 Å². The SMILES string of the molecule is CC(C)CC(CC(C)C)[NH2+]CCOC(=O)c1ccc(N)cc1.[Cl-]. The van der Waals surface area contributed by atoms with E-state index in [0.717, 1.165) is 6.54 Å². The van der Waals surface area contributed by atoms with E-state index < -0.39 is 0 Å². The molecule has 1 aromatic rings. The van der Waals surface area contributed by atoms with E-state index in [0.29, 0.717) is 35.7 Å². The van der Waals surface area contributed by atoms with Crippen LogP contribution >= 0.6 is 0 Å². The summed E-state index contributed by atoms with van der Waals surface area (Å²) in [5, 5.41) is 2.32. The molecule has 0 unspecified atom stereocenters. The average Bonchev–Trinajstić information content (AvgIpc) is 2.42. The minimum Gasteiger partial charge on any atom is -1.00 e. The van der Waals surface area contributed by atoms with Gasteiger partial charge in [0.05, 0.1) is 11.6 Å². The molecule has 0 aliphatic carbocycles. The number of hydrogen-bond donors (Lipinski definition) is 2. The van der Waals surface area contributed by atoms with Crippen LogP contribution in [-0.2, 0) is 4.74 Å². The summed E-state index contributed by atoms with van der Waals surface area (Å²) in [5.74, 6) is 1.10. The summed E-state index contributed by atoms with van der Waals surface area (Å²) in [7, 11) is 0. The Morgan fingerprint density at radius 1 is 1.09 bits per heavy atom. The molecule has 1 rings (SSSR count). The smallest absolute Gasteiger partial charge is 0.338 e. The third-order valence-corrected chi connectivity index (χ3v) is 3.55. The normalized spacial score (nSPS) is 10.9. The highest BCUT2D eigenvalue weighted by atomic mass is 35.5. The molecule has 0 aliphatic rings. The molecule has 0 radical (unpaired) electrons. The van der Waals surface area contributed by atoms with Crippen molar-refractivity contribution in [3.63, 3.8) is 0 Å². The first-order chi connectivity index (χ1) is 10.4. The van der Waals surface area contributed by atoms with Gasteiger partial charge in [-0.2, -0.15) is 0 Å². The van der Waals surface area contributed by atoms with Crippen LogP contribution in [0.1, 0.15) is 50.9 Å². The number of carbonyl (C=O) groups excluding carboxylic acids is 1. The highest BCUT2D eigenvalue weighted by Gasteiger charge is 2.16. The van der Waals surface area contributed by atoms with Gasteiger partial charge in [0.25, 0.3) is 0 Å². The number of benzene rings is 1. The van der Waals surface area contributed by atoms with Crippen LogP contribution in [0.4, 0.5) is 5.69 Å². The predicted octanol–water partition coefficient (Wildman–Crippen LogP) is -0.546. The van der Waals surface area contributed by atoms with Gasteiger partial charge in [-0.25, -0.2) is 4.79 Å². The fraction of sp³-hybridized carbons (Fsp3) is 0.611. The van der Waals surface area contributed by atoms with Crippen molar-refractivity contribution in [2.75, 3.05) is 18.9 Å². The molecule has 4 N–H and O–H groups in total. The molecule has 0 fully saturated rings. The molecule has 23 heavy (non-hydrogen) atoms. The minimum atomic E-state index is -0.280. The van der Waals surface area contributed by atoms with Gasteiger partial charge in [0.2, 0.25) is 0 Å². The summed E-state index contributed by atoms with van der Waals surface area (Å²) in [6, 6.07) is 7.42. The molecule has 0 saturated heterocycles. The Morgan fingerprint density at radius 2 is 1.61 bits per heavy atom. The third-order valence-electron chi connectivity index (χ3n) is 3.55. The zero-order valence-corrected chi connectivity index (χ0v) is 15.5. The predicted molar refractivity (Wildman–Crippen MR) is 90.6 cm³/mol. The molecule has 0 heterocycles. The zero-order chi connectivity index (χ0) is 16.5. The van der Waals surface area contributed by atoms with Gasteiger partial charge in [0.15, 0.2) is 0 Å². The van der Waals surface area contributed by atoms with Gasteiger partial charge in [-0.1, -0.05) is 27.7 Å². The first-order valence-corrected chi connectivity index (χ1v) is 8.24. The Bertz CT molecular complexity index is 437. The van der Waals surface area contributed by atoms with E-state index in [1.165, 1.54) is 12.8 Å². The second-order valence-corrected chi connectivity index (χ2v) is 6.80. The van der Waals surface area contributed by atoms with Gasteiger partial charge in [-0.15, -0.1) is 0 Å². The van der Waals surface area contributed by atoms with Crippen molar-refractivity contribution in [2.24, 2.45) is 11.8 Å². The first kappa shape index (κ1) is 21.7. The van der Waals surface area contributed by atoms with Crippen molar-refractivity contribution < 1.29 is 27.3 Å². The molecule has 0 saturated carbocycles. The molecule has 132 valence electrons. The van der Waals surface area contributed by atoms with Crippen molar-refractivity contribution in [3.05, 3.63) is 29.8 Å². The number of ether oxygens (including phenoxy) is 1. The summed E-state index contributed by atoms with van der Waals surface area (Å²) >= 11 is 0. The second kappa shape index (κ2) is 11.3. The van der Waals surface area contributed by atoms with E-state index in [1.54, 1.807) is 24.3 Å². The monoisotopic (exact) mass is 342 g/mol. The van der Waals surface area contributed by atoms with Gasteiger partial charge in [-0.3, -0.25) is 0 Å². The second-order valence-electron chi connectivity index (χ2n) is 6.80. The van der Waals surface area contributed by atoms with Crippen LogP contribution in [0.5, 0.6) is 0 Å². The standard InChI is InChI=1S/C18H30N2O2.ClH/c1-13(2)11-17(12-14(3)4)20-9-10-22-18(21)15-5-7-16(19)8-6-15;/h5-8,13-14,17,20H,9-12,19H2,1-4H3;1H. The Labute approximate surface area is 146 Å². The zero-order valence-electron chi connectivity index (χ0n) is 14.7. The van der Waals surface area contributed by atoms with Crippen LogP contribution in [0.15, 0.2) is 24.3 Å². The topological polar surface area (TPSA) is 68.9 Å². The maximum Gasteiger partial charge on any atom is 0.338 e. The van der Waals surface area contributed by atoms with Crippen molar-refractivity contribution in [1.29, 1.82) is 0 Å². The highest BCUT2D eigenvalue weighted by molar-refractivity contribution is 5.89. The van der Waals surface area contributed by atoms with Crippen LogP contribution in [0.2, 0.25) is 0 Å². The largest absolute Gasteiger partial charge is 1.00 e. The number of hydrogen-bond acceptors (Lipinski definition) is 3. The number of rotatable bonds is 9. The Morgan fingerprint density at radius 3 is 2.09 bits per heavy atom. The molecule has 0 aromatic heterocycles. The summed E-state index contributed by atoms with van der Waals surface area (Å²) in [4.78, 5) is 11.9. The van der Waals surface area contributed by atoms with Crippen molar-refractivity contribution in [1.82, 2.24) is 0 Å².